The predicted octanol–water partition coefficient (Wildman–Crippen LogP) is 1.42. The molecule has 1 N–H and O–H groups in total. The Morgan fingerprint density at radius 1 is 1.38 bits per heavy atom. The van der Waals surface area contributed by atoms with Gasteiger partial charge in [0.1, 0.15) is 11.0 Å². The molecule has 0 saturated carbocycles. The van der Waals surface area contributed by atoms with Crippen LogP contribution in [0.1, 0.15) is 37.5 Å². The van der Waals surface area contributed by atoms with Crippen molar-refractivity contribution in [3.8, 4) is 0 Å². The first kappa shape index (κ1) is 16.5. The third kappa shape index (κ3) is 3.29. The van der Waals surface area contributed by atoms with Gasteiger partial charge >= 0.3 is 0 Å². The van der Waals surface area contributed by atoms with Gasteiger partial charge < -0.3 is 15.0 Å². The maximum absolute atomic E-state index is 12.6. The summed E-state index contributed by atoms with van der Waals surface area (Å²) in [6.07, 6.45) is 1.22. The average molecular weight is 346 g/mol. The highest BCUT2D eigenvalue weighted by Gasteiger charge is 2.28. The zero-order valence-electron chi connectivity index (χ0n) is 13.5. The highest BCUT2D eigenvalue weighted by atomic mass is 32.1. The van der Waals surface area contributed by atoms with Gasteiger partial charge in [-0.3, -0.25) is 14.6 Å². The van der Waals surface area contributed by atoms with E-state index >= 15 is 0 Å². The van der Waals surface area contributed by atoms with Gasteiger partial charge in [0, 0.05) is 19.8 Å². The third-order valence-corrected chi connectivity index (χ3v) is 4.82. The van der Waals surface area contributed by atoms with Gasteiger partial charge in [-0.2, -0.15) is 0 Å². The number of hydrogen-bond donors (Lipinski definition) is 1. The molecule has 2 amide bonds. The van der Waals surface area contributed by atoms with E-state index < -0.39 is 0 Å². The lowest BCUT2D eigenvalue weighted by Gasteiger charge is -2.32. The Morgan fingerprint density at radius 2 is 2.21 bits per heavy atom. The fourth-order valence-corrected chi connectivity index (χ4v) is 3.31. The summed E-state index contributed by atoms with van der Waals surface area (Å²) in [6, 6.07) is 3.47. The number of pyridine rings is 1. The summed E-state index contributed by atoms with van der Waals surface area (Å²) in [7, 11) is 1.57. The number of carbonyl (C=O) groups excluding carboxylic acids is 2. The molecule has 2 aromatic rings. The minimum Gasteiger partial charge on any atom is -0.368 e. The van der Waals surface area contributed by atoms with Crippen LogP contribution in [0.5, 0.6) is 0 Å². The molecule has 0 radical (unpaired) electrons. The van der Waals surface area contributed by atoms with Crippen LogP contribution in [0.4, 0.5) is 0 Å². The van der Waals surface area contributed by atoms with E-state index in [0.29, 0.717) is 35.8 Å². The van der Waals surface area contributed by atoms with Crippen LogP contribution in [0.15, 0.2) is 23.8 Å². The van der Waals surface area contributed by atoms with Gasteiger partial charge in [0.2, 0.25) is 0 Å². The number of thiazole rings is 1. The summed E-state index contributed by atoms with van der Waals surface area (Å²) >= 11 is 1.35. The van der Waals surface area contributed by atoms with Crippen LogP contribution >= 0.6 is 11.3 Å². The molecule has 1 fully saturated rings. The van der Waals surface area contributed by atoms with Gasteiger partial charge in [0.05, 0.1) is 35.6 Å². The van der Waals surface area contributed by atoms with Gasteiger partial charge in [0.25, 0.3) is 11.8 Å². The summed E-state index contributed by atoms with van der Waals surface area (Å²) in [4.78, 5) is 35.1. The number of ether oxygens (including phenoxy) is 1. The van der Waals surface area contributed by atoms with Gasteiger partial charge in [-0.05, 0) is 19.1 Å². The average Bonchev–Trinajstić information content (AvgIpc) is 3.06. The standard InChI is InChI=1S/C16H18N4O3S/c1-10-14(24-9-19-10)16(22)20-5-6-23-13(8-20)12-4-3-11(7-18-12)15(21)17-2/h3-4,7,9,13H,5-6,8H2,1-2H3,(H,17,21)/t13-/m1/s1. The molecule has 7 nitrogen and oxygen atoms in total. The summed E-state index contributed by atoms with van der Waals surface area (Å²) in [5, 5.41) is 2.56. The van der Waals surface area contributed by atoms with E-state index in [0.717, 1.165) is 5.69 Å². The highest BCUT2D eigenvalue weighted by molar-refractivity contribution is 7.11. The Kier molecular flexibility index (Phi) is 4.86. The van der Waals surface area contributed by atoms with Crippen molar-refractivity contribution in [3.63, 3.8) is 0 Å². The molecule has 2 aromatic heterocycles. The number of nitrogens with zero attached hydrogens (tertiary/aromatic N) is 3. The van der Waals surface area contributed by atoms with Gasteiger partial charge in [-0.25, -0.2) is 4.98 Å². The first-order chi connectivity index (χ1) is 11.6. The van der Waals surface area contributed by atoms with Crippen molar-refractivity contribution in [1.82, 2.24) is 20.2 Å². The Morgan fingerprint density at radius 3 is 2.83 bits per heavy atom. The summed E-state index contributed by atoms with van der Waals surface area (Å²) in [6.45, 7) is 3.26. The summed E-state index contributed by atoms with van der Waals surface area (Å²) < 4.78 is 5.75. The van der Waals surface area contributed by atoms with Crippen molar-refractivity contribution in [3.05, 3.63) is 45.7 Å². The maximum atomic E-state index is 12.6. The van der Waals surface area contributed by atoms with Crippen molar-refractivity contribution < 1.29 is 14.3 Å². The van der Waals surface area contributed by atoms with Crippen molar-refractivity contribution in [1.29, 1.82) is 0 Å². The number of hydrogen-bond acceptors (Lipinski definition) is 6. The number of rotatable bonds is 3. The fourth-order valence-electron chi connectivity index (χ4n) is 2.54. The molecule has 0 bridgehead atoms. The second-order valence-corrected chi connectivity index (χ2v) is 6.28. The van der Waals surface area contributed by atoms with Gasteiger partial charge in [-0.1, -0.05) is 0 Å². The van der Waals surface area contributed by atoms with Crippen LogP contribution < -0.4 is 5.32 Å². The Balaban J connectivity index is 1.72. The lowest BCUT2D eigenvalue weighted by atomic mass is 10.1. The number of carbonyl (C=O) groups is 2. The van der Waals surface area contributed by atoms with Crippen molar-refractivity contribution in [2.45, 2.75) is 13.0 Å². The van der Waals surface area contributed by atoms with E-state index in [-0.39, 0.29) is 17.9 Å². The Hall–Kier alpha value is -2.32. The van der Waals surface area contributed by atoms with Crippen molar-refractivity contribution in [2.24, 2.45) is 0 Å². The molecular weight excluding hydrogens is 328 g/mol. The predicted molar refractivity (Wildman–Crippen MR) is 89.1 cm³/mol. The number of aryl methyl sites for hydroxylation is 1. The van der Waals surface area contributed by atoms with E-state index in [4.69, 9.17) is 4.74 Å². The molecule has 1 saturated heterocycles. The van der Waals surface area contributed by atoms with Crippen LogP contribution in [0.2, 0.25) is 0 Å². The molecule has 8 heteroatoms. The Labute approximate surface area is 143 Å². The number of amides is 2. The van der Waals surface area contributed by atoms with Crippen LogP contribution in [-0.4, -0.2) is 53.4 Å². The molecule has 0 aromatic carbocycles. The molecule has 1 aliphatic rings. The quantitative estimate of drug-likeness (QED) is 0.909. The molecule has 1 aliphatic heterocycles. The van der Waals surface area contributed by atoms with Crippen LogP contribution in [0.3, 0.4) is 0 Å². The lowest BCUT2D eigenvalue weighted by molar-refractivity contribution is -0.0246. The van der Waals surface area contributed by atoms with Crippen LogP contribution in [0.25, 0.3) is 0 Å². The largest absolute Gasteiger partial charge is 0.368 e. The monoisotopic (exact) mass is 346 g/mol. The molecule has 0 aliphatic carbocycles. The fraction of sp³-hybridized carbons (Fsp3) is 0.375. The van der Waals surface area contributed by atoms with E-state index in [1.165, 1.54) is 17.5 Å². The second kappa shape index (κ2) is 7.06. The minimum absolute atomic E-state index is 0.0229. The third-order valence-electron chi connectivity index (χ3n) is 3.90. The molecule has 0 unspecified atom stereocenters. The first-order valence-electron chi connectivity index (χ1n) is 7.59. The first-order valence-corrected chi connectivity index (χ1v) is 8.47. The smallest absolute Gasteiger partial charge is 0.266 e. The molecule has 0 spiro atoms. The zero-order valence-corrected chi connectivity index (χ0v) is 14.3. The number of morpholine rings is 1. The van der Waals surface area contributed by atoms with Gasteiger partial charge in [-0.15, -0.1) is 11.3 Å². The number of nitrogens with one attached hydrogen (secondary N) is 1. The van der Waals surface area contributed by atoms with E-state index in [1.807, 2.05) is 6.92 Å². The van der Waals surface area contributed by atoms with Crippen molar-refractivity contribution in [2.75, 3.05) is 26.7 Å². The van der Waals surface area contributed by atoms with Crippen LogP contribution in [0, 0.1) is 6.92 Å². The van der Waals surface area contributed by atoms with E-state index in [1.54, 1.807) is 29.6 Å². The molecule has 3 heterocycles. The minimum atomic E-state index is -0.297. The molecule has 1 atom stereocenters. The second-order valence-electron chi connectivity index (χ2n) is 5.43. The van der Waals surface area contributed by atoms with Crippen LogP contribution in [-0.2, 0) is 4.74 Å². The van der Waals surface area contributed by atoms with E-state index in [9.17, 15) is 9.59 Å². The number of aromatic nitrogens is 2. The maximum Gasteiger partial charge on any atom is 0.266 e. The SMILES string of the molecule is CNC(=O)c1ccc([C@H]2CN(C(=O)c3scnc3C)CCO2)nc1. The molecule has 24 heavy (non-hydrogen) atoms. The Bertz CT molecular complexity index is 744. The highest BCUT2D eigenvalue weighted by Crippen LogP contribution is 2.23. The summed E-state index contributed by atoms with van der Waals surface area (Å²) in [5.74, 6) is -0.207. The summed E-state index contributed by atoms with van der Waals surface area (Å²) in [5.41, 5.74) is 3.63. The van der Waals surface area contributed by atoms with E-state index in [2.05, 4.69) is 15.3 Å². The van der Waals surface area contributed by atoms with Gasteiger partial charge in [0.15, 0.2) is 0 Å². The molecular formula is C16H18N4O3S. The van der Waals surface area contributed by atoms with Crippen molar-refractivity contribution >= 4 is 23.2 Å². The topological polar surface area (TPSA) is 84.4 Å². The molecule has 3 rings (SSSR count). The molecule has 126 valence electrons. The normalized spacial score (nSPS) is 17.6. The lowest BCUT2D eigenvalue weighted by Crippen LogP contribution is -2.42. The zero-order chi connectivity index (χ0) is 17.1.